The van der Waals surface area contributed by atoms with Gasteiger partial charge in [0.05, 0.1) is 10.6 Å². The number of carbonyl (C=O) groups excluding carboxylic acids is 1. The largest absolute Gasteiger partial charge is 0.352 e. The fourth-order valence-corrected chi connectivity index (χ4v) is 1.38. The first kappa shape index (κ1) is 13.0. The molecule has 0 spiro atoms. The Morgan fingerprint density at radius 1 is 1.50 bits per heavy atom. The van der Waals surface area contributed by atoms with Crippen LogP contribution in [-0.4, -0.2) is 17.4 Å². The maximum Gasteiger partial charge on any atom is 0.254 e. The molecule has 0 radical (unpaired) electrons. The van der Waals surface area contributed by atoms with Crippen molar-refractivity contribution in [2.75, 3.05) is 6.54 Å². The number of hydrogen-bond acceptors (Lipinski definition) is 2. The topological polar surface area (TPSA) is 42.0 Å². The third-order valence-electron chi connectivity index (χ3n) is 2.17. The molecule has 0 fully saturated rings. The molecule has 1 aromatic rings. The van der Waals surface area contributed by atoms with Crippen LogP contribution in [0.25, 0.3) is 0 Å². The predicted octanol–water partition coefficient (Wildman–Crippen LogP) is 2.90. The molecule has 1 amide bonds. The Balaban J connectivity index is 2.51. The van der Waals surface area contributed by atoms with Crippen molar-refractivity contribution in [3.05, 3.63) is 29.0 Å². The van der Waals surface area contributed by atoms with Gasteiger partial charge in [-0.15, -0.1) is 0 Å². The molecule has 3 nitrogen and oxygen atoms in total. The zero-order valence-corrected chi connectivity index (χ0v) is 10.6. The number of halogens is 1. The van der Waals surface area contributed by atoms with Crippen LogP contribution in [0.4, 0.5) is 0 Å². The molecule has 1 heterocycles. The predicted molar refractivity (Wildman–Crippen MR) is 65.7 cm³/mol. The Kier molecular flexibility index (Phi) is 4.30. The van der Waals surface area contributed by atoms with Gasteiger partial charge in [-0.05, 0) is 17.9 Å². The lowest BCUT2D eigenvalue weighted by Gasteiger charge is -2.18. The van der Waals surface area contributed by atoms with Crippen LogP contribution in [0, 0.1) is 5.41 Å². The zero-order valence-electron chi connectivity index (χ0n) is 9.88. The van der Waals surface area contributed by atoms with Crippen molar-refractivity contribution in [1.82, 2.24) is 10.3 Å². The van der Waals surface area contributed by atoms with Crippen molar-refractivity contribution in [3.63, 3.8) is 0 Å². The Bertz CT molecular complexity index is 372. The molecule has 1 aromatic heterocycles. The maximum absolute atomic E-state index is 11.7. The van der Waals surface area contributed by atoms with Gasteiger partial charge in [0.1, 0.15) is 0 Å². The van der Waals surface area contributed by atoms with Gasteiger partial charge < -0.3 is 5.32 Å². The summed E-state index contributed by atoms with van der Waals surface area (Å²) in [6.07, 6.45) is 3.97. The van der Waals surface area contributed by atoms with Crippen LogP contribution in [0.15, 0.2) is 18.5 Å². The van der Waals surface area contributed by atoms with Crippen molar-refractivity contribution >= 4 is 17.5 Å². The second-order valence-electron chi connectivity index (χ2n) is 4.92. The molecule has 0 aliphatic rings. The molecule has 1 rings (SSSR count). The maximum atomic E-state index is 11.7. The summed E-state index contributed by atoms with van der Waals surface area (Å²) in [4.78, 5) is 15.6. The minimum Gasteiger partial charge on any atom is -0.352 e. The van der Waals surface area contributed by atoms with E-state index in [1.54, 1.807) is 12.3 Å². The second-order valence-corrected chi connectivity index (χ2v) is 5.33. The zero-order chi connectivity index (χ0) is 12.2. The Hall–Kier alpha value is -1.09. The SMILES string of the molecule is CC(C)(C)CCNC(=O)c1cnccc1Cl. The summed E-state index contributed by atoms with van der Waals surface area (Å²) >= 11 is 5.89. The molecular weight excluding hydrogens is 224 g/mol. The molecule has 0 aliphatic heterocycles. The highest BCUT2D eigenvalue weighted by Gasteiger charge is 2.13. The van der Waals surface area contributed by atoms with Crippen LogP contribution in [0.1, 0.15) is 37.6 Å². The highest BCUT2D eigenvalue weighted by molar-refractivity contribution is 6.33. The average Bonchev–Trinajstić information content (AvgIpc) is 2.16. The van der Waals surface area contributed by atoms with Gasteiger partial charge in [-0.3, -0.25) is 9.78 Å². The summed E-state index contributed by atoms with van der Waals surface area (Å²) in [6.45, 7) is 7.05. The smallest absolute Gasteiger partial charge is 0.254 e. The lowest BCUT2D eigenvalue weighted by atomic mass is 9.92. The Labute approximate surface area is 101 Å². The first-order chi connectivity index (χ1) is 7.40. The van der Waals surface area contributed by atoms with Crippen molar-refractivity contribution in [2.45, 2.75) is 27.2 Å². The van der Waals surface area contributed by atoms with Gasteiger partial charge >= 0.3 is 0 Å². The van der Waals surface area contributed by atoms with E-state index in [1.165, 1.54) is 6.20 Å². The van der Waals surface area contributed by atoms with E-state index in [4.69, 9.17) is 11.6 Å². The highest BCUT2D eigenvalue weighted by Crippen LogP contribution is 2.17. The summed E-state index contributed by atoms with van der Waals surface area (Å²) in [5.41, 5.74) is 0.643. The third kappa shape index (κ3) is 4.19. The Morgan fingerprint density at radius 3 is 2.75 bits per heavy atom. The molecule has 0 saturated carbocycles. The van der Waals surface area contributed by atoms with Gasteiger partial charge in [0.15, 0.2) is 0 Å². The van der Waals surface area contributed by atoms with E-state index < -0.39 is 0 Å². The third-order valence-corrected chi connectivity index (χ3v) is 2.50. The summed E-state index contributed by atoms with van der Waals surface area (Å²) in [5.74, 6) is -0.164. The molecule has 4 heteroatoms. The van der Waals surface area contributed by atoms with Crippen molar-refractivity contribution in [1.29, 1.82) is 0 Å². The number of aromatic nitrogens is 1. The van der Waals surface area contributed by atoms with Gasteiger partial charge in [0.25, 0.3) is 5.91 Å². The van der Waals surface area contributed by atoms with E-state index in [-0.39, 0.29) is 11.3 Å². The molecule has 0 atom stereocenters. The van der Waals surface area contributed by atoms with Gasteiger partial charge in [-0.2, -0.15) is 0 Å². The van der Waals surface area contributed by atoms with Crippen LogP contribution in [0.5, 0.6) is 0 Å². The number of carbonyl (C=O) groups is 1. The van der Waals surface area contributed by atoms with Crippen LogP contribution in [-0.2, 0) is 0 Å². The molecule has 0 saturated heterocycles. The second kappa shape index (κ2) is 5.30. The van der Waals surface area contributed by atoms with Gasteiger partial charge in [0, 0.05) is 18.9 Å². The van der Waals surface area contributed by atoms with Gasteiger partial charge in [0.2, 0.25) is 0 Å². The number of pyridine rings is 1. The van der Waals surface area contributed by atoms with E-state index in [9.17, 15) is 4.79 Å². The van der Waals surface area contributed by atoms with Crippen molar-refractivity contribution in [3.8, 4) is 0 Å². The monoisotopic (exact) mass is 240 g/mol. The minimum atomic E-state index is -0.164. The molecule has 0 bridgehead atoms. The number of amides is 1. The summed E-state index contributed by atoms with van der Waals surface area (Å²) in [6, 6.07) is 1.61. The molecule has 1 N–H and O–H groups in total. The fourth-order valence-electron chi connectivity index (χ4n) is 1.19. The number of rotatable bonds is 3. The van der Waals surface area contributed by atoms with Crippen LogP contribution >= 0.6 is 11.6 Å². The average molecular weight is 241 g/mol. The number of nitrogens with one attached hydrogen (secondary N) is 1. The highest BCUT2D eigenvalue weighted by atomic mass is 35.5. The van der Waals surface area contributed by atoms with E-state index in [2.05, 4.69) is 31.1 Å². The molecule has 16 heavy (non-hydrogen) atoms. The van der Waals surface area contributed by atoms with Crippen LogP contribution in [0.3, 0.4) is 0 Å². The van der Waals surface area contributed by atoms with E-state index >= 15 is 0 Å². The van der Waals surface area contributed by atoms with Crippen LogP contribution in [0.2, 0.25) is 5.02 Å². The summed E-state index contributed by atoms with van der Waals surface area (Å²) < 4.78 is 0. The molecule has 0 aromatic carbocycles. The lowest BCUT2D eigenvalue weighted by Crippen LogP contribution is -2.27. The number of hydrogen-bond donors (Lipinski definition) is 1. The molecular formula is C12H17ClN2O. The Morgan fingerprint density at radius 2 is 2.19 bits per heavy atom. The van der Waals surface area contributed by atoms with E-state index in [0.717, 1.165) is 6.42 Å². The minimum absolute atomic E-state index is 0.164. The summed E-state index contributed by atoms with van der Waals surface area (Å²) in [5, 5.41) is 3.27. The van der Waals surface area contributed by atoms with E-state index in [0.29, 0.717) is 17.1 Å². The van der Waals surface area contributed by atoms with Crippen molar-refractivity contribution < 1.29 is 4.79 Å². The fraction of sp³-hybridized carbons (Fsp3) is 0.500. The van der Waals surface area contributed by atoms with Gasteiger partial charge in [-0.1, -0.05) is 32.4 Å². The molecule has 88 valence electrons. The summed E-state index contributed by atoms with van der Waals surface area (Å²) in [7, 11) is 0. The molecule has 0 unspecified atom stereocenters. The van der Waals surface area contributed by atoms with Crippen molar-refractivity contribution in [2.24, 2.45) is 5.41 Å². The normalized spacial score (nSPS) is 11.2. The quantitative estimate of drug-likeness (QED) is 0.883. The first-order valence-corrected chi connectivity index (χ1v) is 5.66. The van der Waals surface area contributed by atoms with Crippen LogP contribution < -0.4 is 5.32 Å². The van der Waals surface area contributed by atoms with Gasteiger partial charge in [-0.25, -0.2) is 0 Å². The van der Waals surface area contributed by atoms with E-state index in [1.807, 2.05) is 0 Å². The first-order valence-electron chi connectivity index (χ1n) is 5.28. The lowest BCUT2D eigenvalue weighted by molar-refractivity contribution is 0.0949. The standard InChI is InChI=1S/C12H17ClN2O/c1-12(2,3)5-7-15-11(16)9-8-14-6-4-10(9)13/h4,6,8H,5,7H2,1-3H3,(H,15,16). The molecule has 0 aliphatic carbocycles. The number of nitrogens with zero attached hydrogens (tertiary/aromatic N) is 1.